The summed E-state index contributed by atoms with van der Waals surface area (Å²) in [6.45, 7) is 1.96. The molecule has 22 heavy (non-hydrogen) atoms. The lowest BCUT2D eigenvalue weighted by atomic mass is 9.96. The highest BCUT2D eigenvalue weighted by Gasteiger charge is 2.26. The molecule has 1 aromatic carbocycles. The summed E-state index contributed by atoms with van der Waals surface area (Å²) >= 11 is 0. The molecule has 5 nitrogen and oxygen atoms in total. The number of benzene rings is 1. The van der Waals surface area contributed by atoms with Crippen LogP contribution in [-0.4, -0.2) is 38.9 Å². The maximum atomic E-state index is 12.2. The molecule has 5 heteroatoms. The third-order valence-corrected chi connectivity index (χ3v) is 4.34. The van der Waals surface area contributed by atoms with Crippen LogP contribution in [-0.2, 0) is 16.0 Å². The molecule has 1 N–H and O–H groups in total. The molecule has 120 valence electrons. The van der Waals surface area contributed by atoms with Gasteiger partial charge < -0.3 is 19.5 Å². The lowest BCUT2D eigenvalue weighted by Crippen LogP contribution is -2.38. The Bertz CT molecular complexity index is 525. The van der Waals surface area contributed by atoms with Crippen molar-refractivity contribution in [2.45, 2.75) is 31.8 Å². The number of methoxy groups -OCH3 is 1. The molecule has 0 unspecified atom stereocenters. The first-order valence-corrected chi connectivity index (χ1v) is 7.95. The molecule has 0 aromatic heterocycles. The highest BCUT2D eigenvalue weighted by atomic mass is 16.5. The van der Waals surface area contributed by atoms with E-state index in [1.807, 2.05) is 18.2 Å². The van der Waals surface area contributed by atoms with Gasteiger partial charge in [0.2, 0.25) is 5.91 Å². The SMILES string of the molecule is COc1ccc2c(c1)OC[C@@H](C(=O)NCC[C@@H]1CCCO1)C2. The minimum Gasteiger partial charge on any atom is -0.497 e. The van der Waals surface area contributed by atoms with Crippen LogP contribution in [0.15, 0.2) is 18.2 Å². The Morgan fingerprint density at radius 1 is 1.45 bits per heavy atom. The normalized spacial score (nSPS) is 23.5. The fourth-order valence-corrected chi connectivity index (χ4v) is 3.02. The maximum Gasteiger partial charge on any atom is 0.226 e. The first-order chi connectivity index (χ1) is 10.8. The average molecular weight is 305 g/mol. The first kappa shape index (κ1) is 15.2. The summed E-state index contributed by atoms with van der Waals surface area (Å²) in [5, 5.41) is 3.01. The summed E-state index contributed by atoms with van der Waals surface area (Å²) in [4.78, 5) is 12.2. The quantitative estimate of drug-likeness (QED) is 0.903. The Labute approximate surface area is 130 Å². The smallest absolute Gasteiger partial charge is 0.226 e. The molecule has 2 aliphatic rings. The minimum absolute atomic E-state index is 0.0689. The van der Waals surface area contributed by atoms with E-state index in [2.05, 4.69) is 5.32 Å². The van der Waals surface area contributed by atoms with Crippen molar-refractivity contribution in [3.8, 4) is 11.5 Å². The number of hydrogen-bond acceptors (Lipinski definition) is 4. The second kappa shape index (κ2) is 7.01. The van der Waals surface area contributed by atoms with Crippen molar-refractivity contribution in [3.63, 3.8) is 0 Å². The van der Waals surface area contributed by atoms with E-state index in [9.17, 15) is 4.79 Å². The summed E-state index contributed by atoms with van der Waals surface area (Å²) in [6, 6.07) is 5.75. The van der Waals surface area contributed by atoms with Gasteiger partial charge in [-0.15, -0.1) is 0 Å². The molecular weight excluding hydrogens is 282 g/mol. The van der Waals surface area contributed by atoms with Crippen LogP contribution in [0, 0.1) is 5.92 Å². The summed E-state index contributed by atoms with van der Waals surface area (Å²) < 4.78 is 16.5. The van der Waals surface area contributed by atoms with Crippen LogP contribution in [0.5, 0.6) is 11.5 Å². The molecule has 1 saturated heterocycles. The number of carbonyl (C=O) groups is 1. The predicted octanol–water partition coefficient (Wildman–Crippen LogP) is 1.93. The Morgan fingerprint density at radius 2 is 2.36 bits per heavy atom. The van der Waals surface area contributed by atoms with Crippen LogP contribution in [0.4, 0.5) is 0 Å². The largest absolute Gasteiger partial charge is 0.497 e. The van der Waals surface area contributed by atoms with Crippen LogP contribution in [0.1, 0.15) is 24.8 Å². The fourth-order valence-electron chi connectivity index (χ4n) is 3.02. The molecule has 0 spiro atoms. The van der Waals surface area contributed by atoms with Gasteiger partial charge in [0.1, 0.15) is 18.1 Å². The summed E-state index contributed by atoms with van der Waals surface area (Å²) in [6.07, 6.45) is 4.17. The van der Waals surface area contributed by atoms with E-state index in [0.29, 0.717) is 25.7 Å². The Balaban J connectivity index is 1.49. The monoisotopic (exact) mass is 305 g/mol. The van der Waals surface area contributed by atoms with E-state index in [1.54, 1.807) is 7.11 Å². The standard InChI is InChI=1S/C17H23NO4/c1-20-15-5-4-12-9-13(11-22-16(12)10-15)17(19)18-7-6-14-3-2-8-21-14/h4-5,10,13-14H,2-3,6-9,11H2,1H3,(H,18,19)/t13-,14-/m0/s1. The van der Waals surface area contributed by atoms with Crippen molar-refractivity contribution in [1.29, 1.82) is 0 Å². The van der Waals surface area contributed by atoms with E-state index in [1.165, 1.54) is 0 Å². The number of amides is 1. The van der Waals surface area contributed by atoms with Gasteiger partial charge in [0.25, 0.3) is 0 Å². The number of nitrogens with one attached hydrogen (secondary N) is 1. The van der Waals surface area contributed by atoms with Gasteiger partial charge in [-0.05, 0) is 37.3 Å². The molecule has 2 aliphatic heterocycles. The third-order valence-electron chi connectivity index (χ3n) is 4.34. The highest BCUT2D eigenvalue weighted by Crippen LogP contribution is 2.31. The van der Waals surface area contributed by atoms with Crippen molar-refractivity contribution in [2.24, 2.45) is 5.92 Å². The van der Waals surface area contributed by atoms with Crippen molar-refractivity contribution in [2.75, 3.05) is 26.9 Å². The lowest BCUT2D eigenvalue weighted by Gasteiger charge is -2.25. The van der Waals surface area contributed by atoms with Crippen LogP contribution < -0.4 is 14.8 Å². The zero-order valence-electron chi connectivity index (χ0n) is 13.0. The van der Waals surface area contributed by atoms with Crippen LogP contribution in [0.25, 0.3) is 0 Å². The number of carbonyl (C=O) groups excluding carboxylic acids is 1. The van der Waals surface area contributed by atoms with Gasteiger partial charge in [0, 0.05) is 19.2 Å². The van der Waals surface area contributed by atoms with Crippen molar-refractivity contribution >= 4 is 5.91 Å². The van der Waals surface area contributed by atoms with E-state index >= 15 is 0 Å². The van der Waals surface area contributed by atoms with Gasteiger partial charge in [-0.1, -0.05) is 6.07 Å². The molecule has 3 rings (SSSR count). The molecule has 0 saturated carbocycles. The third kappa shape index (κ3) is 3.53. The number of hydrogen-bond donors (Lipinski definition) is 1. The van der Waals surface area contributed by atoms with Crippen molar-refractivity contribution in [1.82, 2.24) is 5.32 Å². The Hall–Kier alpha value is -1.75. The summed E-state index contributed by atoms with van der Waals surface area (Å²) in [7, 11) is 1.63. The predicted molar refractivity (Wildman–Crippen MR) is 82.3 cm³/mol. The van der Waals surface area contributed by atoms with Crippen molar-refractivity contribution < 1.29 is 19.0 Å². The second-order valence-corrected chi connectivity index (χ2v) is 5.90. The van der Waals surface area contributed by atoms with Gasteiger partial charge in [-0.2, -0.15) is 0 Å². The zero-order valence-corrected chi connectivity index (χ0v) is 13.0. The Kier molecular flexibility index (Phi) is 4.83. The molecule has 0 aliphatic carbocycles. The molecule has 1 fully saturated rings. The molecule has 0 radical (unpaired) electrons. The molecule has 1 amide bonds. The van der Waals surface area contributed by atoms with Crippen LogP contribution in [0.3, 0.4) is 0 Å². The van der Waals surface area contributed by atoms with E-state index in [0.717, 1.165) is 42.9 Å². The number of rotatable bonds is 5. The molecule has 2 atom stereocenters. The highest BCUT2D eigenvalue weighted by molar-refractivity contribution is 5.79. The first-order valence-electron chi connectivity index (χ1n) is 7.95. The van der Waals surface area contributed by atoms with Crippen molar-refractivity contribution in [3.05, 3.63) is 23.8 Å². The fraction of sp³-hybridized carbons (Fsp3) is 0.588. The van der Waals surface area contributed by atoms with E-state index in [4.69, 9.17) is 14.2 Å². The minimum atomic E-state index is -0.120. The molecule has 0 bridgehead atoms. The lowest BCUT2D eigenvalue weighted by molar-refractivity contribution is -0.126. The molecule has 2 heterocycles. The second-order valence-electron chi connectivity index (χ2n) is 5.90. The van der Waals surface area contributed by atoms with E-state index in [-0.39, 0.29) is 11.8 Å². The number of ether oxygens (including phenoxy) is 3. The van der Waals surface area contributed by atoms with Gasteiger partial charge in [0.05, 0.1) is 19.1 Å². The van der Waals surface area contributed by atoms with Gasteiger partial charge in [-0.3, -0.25) is 4.79 Å². The average Bonchev–Trinajstić information content (AvgIpc) is 3.07. The molecular formula is C17H23NO4. The topological polar surface area (TPSA) is 56.8 Å². The number of fused-ring (bicyclic) bond motifs is 1. The maximum absolute atomic E-state index is 12.2. The van der Waals surface area contributed by atoms with Crippen LogP contribution >= 0.6 is 0 Å². The van der Waals surface area contributed by atoms with Crippen LogP contribution in [0.2, 0.25) is 0 Å². The zero-order chi connectivity index (χ0) is 15.4. The summed E-state index contributed by atoms with van der Waals surface area (Å²) in [5.74, 6) is 1.55. The Morgan fingerprint density at radius 3 is 3.14 bits per heavy atom. The summed E-state index contributed by atoms with van der Waals surface area (Å²) in [5.41, 5.74) is 1.06. The van der Waals surface area contributed by atoms with Gasteiger partial charge >= 0.3 is 0 Å². The van der Waals surface area contributed by atoms with Gasteiger partial charge in [-0.25, -0.2) is 0 Å². The van der Waals surface area contributed by atoms with E-state index < -0.39 is 0 Å². The molecule has 1 aromatic rings. The van der Waals surface area contributed by atoms with Gasteiger partial charge in [0.15, 0.2) is 0 Å².